The molecule has 0 unspecified atom stereocenters. The number of piperazine rings is 1. The number of carbonyl (C=O) groups is 1. The molecule has 7 nitrogen and oxygen atoms in total. The van der Waals surface area contributed by atoms with Crippen molar-refractivity contribution in [3.8, 4) is 0 Å². The van der Waals surface area contributed by atoms with Crippen molar-refractivity contribution in [2.45, 2.75) is 0 Å². The van der Waals surface area contributed by atoms with Gasteiger partial charge in [0.25, 0.3) is 5.91 Å². The monoisotopic (exact) mass is 388 g/mol. The minimum Gasteiger partial charge on any atom is -0.369 e. The molecule has 0 spiro atoms. The maximum atomic E-state index is 12.9. The molecule has 5 rings (SSSR count). The lowest BCUT2D eigenvalue weighted by atomic mass is 10.1. The average molecular weight is 388 g/mol. The van der Waals surface area contributed by atoms with Crippen LogP contribution in [-0.4, -0.2) is 73.8 Å². The Hall–Kier alpha value is -3.19. The van der Waals surface area contributed by atoms with E-state index in [1.807, 2.05) is 53.4 Å². The van der Waals surface area contributed by atoms with E-state index in [0.717, 1.165) is 55.5 Å². The highest BCUT2D eigenvalue weighted by molar-refractivity contribution is 6.19. The van der Waals surface area contributed by atoms with Gasteiger partial charge in [-0.05, 0) is 43.4 Å². The van der Waals surface area contributed by atoms with Crippen molar-refractivity contribution in [1.82, 2.24) is 15.1 Å². The Balaban J connectivity index is 1.33. The lowest BCUT2D eigenvalue weighted by Crippen LogP contribution is -2.47. The standard InChI is InChI=1S/C22H24N6O/c1-26-12-14-27(15-13-26)17-8-6-16(7-9-17)21(29)25-22-24-19-5-3-2-4-18(19)20-23-10-11-28(20)22/h2-9H,10-15H2,1H3,(H,24,25,29). The maximum absolute atomic E-state index is 12.9. The van der Waals surface area contributed by atoms with E-state index in [2.05, 4.69) is 32.1 Å². The van der Waals surface area contributed by atoms with E-state index in [-0.39, 0.29) is 5.91 Å². The average Bonchev–Trinajstić information content (AvgIpc) is 3.25. The van der Waals surface area contributed by atoms with Crippen molar-refractivity contribution in [2.75, 3.05) is 51.2 Å². The molecule has 0 saturated carbocycles. The number of amidine groups is 1. The van der Waals surface area contributed by atoms with Gasteiger partial charge in [-0.15, -0.1) is 0 Å². The zero-order valence-electron chi connectivity index (χ0n) is 16.5. The lowest BCUT2D eigenvalue weighted by molar-refractivity contribution is 0.0974. The number of anilines is 1. The van der Waals surface area contributed by atoms with Crippen LogP contribution < -0.4 is 10.2 Å². The minimum absolute atomic E-state index is 0.153. The van der Waals surface area contributed by atoms with Crippen molar-refractivity contribution >= 4 is 29.1 Å². The Bertz CT molecular complexity index is 989. The number of rotatable bonds is 2. The van der Waals surface area contributed by atoms with Gasteiger partial charge < -0.3 is 9.80 Å². The first kappa shape index (κ1) is 17.9. The van der Waals surface area contributed by atoms with Gasteiger partial charge in [0.15, 0.2) is 0 Å². The minimum atomic E-state index is -0.153. The lowest BCUT2D eigenvalue weighted by Gasteiger charge is -2.34. The van der Waals surface area contributed by atoms with Gasteiger partial charge in [0.05, 0.1) is 12.2 Å². The molecule has 0 bridgehead atoms. The molecule has 2 aromatic rings. The van der Waals surface area contributed by atoms with E-state index in [1.54, 1.807) is 0 Å². The van der Waals surface area contributed by atoms with Gasteiger partial charge >= 0.3 is 0 Å². The van der Waals surface area contributed by atoms with Gasteiger partial charge in [-0.3, -0.25) is 20.0 Å². The number of benzene rings is 2. The Morgan fingerprint density at radius 2 is 1.72 bits per heavy atom. The van der Waals surface area contributed by atoms with Crippen LogP contribution in [0.15, 0.2) is 58.5 Å². The van der Waals surface area contributed by atoms with Crippen molar-refractivity contribution in [3.05, 3.63) is 59.7 Å². The quantitative estimate of drug-likeness (QED) is 0.854. The van der Waals surface area contributed by atoms with Gasteiger partial charge in [0.2, 0.25) is 5.96 Å². The molecule has 3 aliphatic heterocycles. The fourth-order valence-corrected chi connectivity index (χ4v) is 3.98. The van der Waals surface area contributed by atoms with Crippen LogP contribution in [0.5, 0.6) is 0 Å². The van der Waals surface area contributed by atoms with Crippen LogP contribution in [0, 0.1) is 0 Å². The number of hydrogen-bond donors (Lipinski definition) is 1. The molecule has 2 aromatic carbocycles. The predicted octanol–water partition coefficient (Wildman–Crippen LogP) is 1.93. The molecule has 1 saturated heterocycles. The molecule has 7 heteroatoms. The summed E-state index contributed by atoms with van der Waals surface area (Å²) in [5.41, 5.74) is 3.64. The van der Waals surface area contributed by atoms with Crippen molar-refractivity contribution in [3.63, 3.8) is 0 Å². The second kappa shape index (κ2) is 7.33. The van der Waals surface area contributed by atoms with Crippen LogP contribution in [0.25, 0.3) is 0 Å². The van der Waals surface area contributed by atoms with Gasteiger partial charge in [-0.2, -0.15) is 0 Å². The number of carbonyl (C=O) groups excluding carboxylic acids is 1. The summed E-state index contributed by atoms with van der Waals surface area (Å²) in [5.74, 6) is 1.28. The smallest absolute Gasteiger partial charge is 0.257 e. The third-order valence-electron chi connectivity index (χ3n) is 5.69. The number of para-hydroxylation sites is 1. The number of amides is 1. The van der Waals surface area contributed by atoms with E-state index in [1.165, 1.54) is 0 Å². The van der Waals surface area contributed by atoms with Crippen LogP contribution in [0.2, 0.25) is 0 Å². The summed E-state index contributed by atoms with van der Waals surface area (Å²) in [5, 5.41) is 2.99. The Morgan fingerprint density at radius 1 is 0.966 bits per heavy atom. The van der Waals surface area contributed by atoms with E-state index in [0.29, 0.717) is 18.1 Å². The largest absolute Gasteiger partial charge is 0.369 e. The van der Waals surface area contributed by atoms with Gasteiger partial charge in [-0.1, -0.05) is 12.1 Å². The molecule has 29 heavy (non-hydrogen) atoms. The van der Waals surface area contributed by atoms with E-state index < -0.39 is 0 Å². The van der Waals surface area contributed by atoms with Crippen LogP contribution >= 0.6 is 0 Å². The molecule has 148 valence electrons. The number of likely N-dealkylation sites (N-methyl/N-ethyl adjacent to an activating group) is 1. The topological polar surface area (TPSA) is 63.5 Å². The summed E-state index contributed by atoms with van der Waals surface area (Å²) in [7, 11) is 2.15. The van der Waals surface area contributed by atoms with E-state index >= 15 is 0 Å². The molecule has 0 radical (unpaired) electrons. The summed E-state index contributed by atoms with van der Waals surface area (Å²) in [6.07, 6.45) is 0. The molecule has 0 atom stereocenters. The van der Waals surface area contributed by atoms with Gasteiger partial charge in [-0.25, -0.2) is 4.99 Å². The molecule has 3 heterocycles. The molecule has 1 fully saturated rings. The summed E-state index contributed by atoms with van der Waals surface area (Å²) >= 11 is 0. The molecule has 1 amide bonds. The fraction of sp³-hybridized carbons (Fsp3) is 0.318. The second-order valence-corrected chi connectivity index (χ2v) is 7.60. The Labute approximate surface area is 170 Å². The van der Waals surface area contributed by atoms with Crippen LogP contribution in [-0.2, 0) is 0 Å². The summed E-state index contributed by atoms with van der Waals surface area (Å²) in [4.78, 5) is 28.8. The molecule has 3 aliphatic rings. The van der Waals surface area contributed by atoms with Gasteiger partial charge in [0, 0.05) is 49.5 Å². The number of hydrogen-bond acceptors (Lipinski definition) is 6. The Morgan fingerprint density at radius 3 is 2.52 bits per heavy atom. The molecular weight excluding hydrogens is 364 g/mol. The first-order chi connectivity index (χ1) is 14.2. The number of nitrogens with zero attached hydrogens (tertiary/aromatic N) is 5. The first-order valence-corrected chi connectivity index (χ1v) is 10.0. The van der Waals surface area contributed by atoms with Crippen LogP contribution in [0.4, 0.5) is 11.4 Å². The highest BCUT2D eigenvalue weighted by Gasteiger charge is 2.30. The SMILES string of the molecule is CN1CCN(c2ccc(C(=O)NC3=Nc4ccccc4C4=NCCN34)cc2)CC1. The maximum Gasteiger partial charge on any atom is 0.257 e. The number of fused-ring (bicyclic) bond motifs is 3. The molecule has 0 aromatic heterocycles. The van der Waals surface area contributed by atoms with E-state index in [4.69, 9.17) is 0 Å². The second-order valence-electron chi connectivity index (χ2n) is 7.60. The third-order valence-corrected chi connectivity index (χ3v) is 5.69. The Kier molecular flexibility index (Phi) is 4.52. The zero-order chi connectivity index (χ0) is 19.8. The highest BCUT2D eigenvalue weighted by atomic mass is 16.1. The number of nitrogens with one attached hydrogen (secondary N) is 1. The van der Waals surface area contributed by atoms with Gasteiger partial charge in [0.1, 0.15) is 5.84 Å². The fourth-order valence-electron chi connectivity index (χ4n) is 3.98. The van der Waals surface area contributed by atoms with Crippen LogP contribution in [0.1, 0.15) is 15.9 Å². The van der Waals surface area contributed by atoms with E-state index in [9.17, 15) is 4.79 Å². The summed E-state index contributed by atoms with van der Waals surface area (Å²) in [6.45, 7) is 5.57. The predicted molar refractivity (Wildman–Crippen MR) is 115 cm³/mol. The molecule has 1 N–H and O–H groups in total. The normalized spacial score (nSPS) is 18.7. The number of aliphatic imine (C=N–C) groups is 2. The molecule has 0 aliphatic carbocycles. The summed E-state index contributed by atoms with van der Waals surface area (Å²) < 4.78 is 0. The van der Waals surface area contributed by atoms with Crippen LogP contribution in [0.3, 0.4) is 0 Å². The van der Waals surface area contributed by atoms with Crippen molar-refractivity contribution < 1.29 is 4.79 Å². The third kappa shape index (κ3) is 3.38. The highest BCUT2D eigenvalue weighted by Crippen LogP contribution is 2.27. The molecular formula is C22H24N6O. The summed E-state index contributed by atoms with van der Waals surface area (Å²) in [6, 6.07) is 15.7. The zero-order valence-corrected chi connectivity index (χ0v) is 16.5. The van der Waals surface area contributed by atoms with Crippen molar-refractivity contribution in [1.29, 1.82) is 0 Å². The first-order valence-electron chi connectivity index (χ1n) is 10.0. The number of guanidine groups is 1. The van der Waals surface area contributed by atoms with Crippen molar-refractivity contribution in [2.24, 2.45) is 9.98 Å².